The molecule has 3 N–H and O–H groups in total. The van der Waals surface area contributed by atoms with Gasteiger partial charge in [0.1, 0.15) is 5.75 Å². The van der Waals surface area contributed by atoms with Gasteiger partial charge in [0.25, 0.3) is 0 Å². The third kappa shape index (κ3) is 5.55. The Hall–Kier alpha value is -1.27. The highest BCUT2D eigenvalue weighted by molar-refractivity contribution is 5.27. The zero-order valence-electron chi connectivity index (χ0n) is 9.42. The molecule has 0 spiro atoms. The van der Waals surface area contributed by atoms with Gasteiger partial charge in [-0.05, 0) is 24.6 Å². The van der Waals surface area contributed by atoms with Crippen molar-refractivity contribution in [1.82, 2.24) is 5.32 Å². The van der Waals surface area contributed by atoms with Crippen LogP contribution in [0.15, 0.2) is 24.3 Å². The van der Waals surface area contributed by atoms with E-state index in [0.29, 0.717) is 13.1 Å². The van der Waals surface area contributed by atoms with Crippen molar-refractivity contribution in [3.05, 3.63) is 29.8 Å². The van der Waals surface area contributed by atoms with Crippen LogP contribution in [0.1, 0.15) is 12.5 Å². The highest BCUT2D eigenvalue weighted by Gasteiger charge is 2.30. The second-order valence-corrected chi connectivity index (χ2v) is 3.71. The van der Waals surface area contributed by atoms with Crippen LogP contribution in [-0.4, -0.2) is 18.9 Å². The molecular formula is C11H15F3N2O. The van der Waals surface area contributed by atoms with Gasteiger partial charge in [0.15, 0.2) is 0 Å². The van der Waals surface area contributed by atoms with Crippen molar-refractivity contribution in [3.8, 4) is 5.75 Å². The Morgan fingerprint density at radius 1 is 1.29 bits per heavy atom. The summed E-state index contributed by atoms with van der Waals surface area (Å²) in [6.45, 7) is 3.00. The van der Waals surface area contributed by atoms with Gasteiger partial charge in [-0.3, -0.25) is 0 Å². The fraction of sp³-hybridized carbons (Fsp3) is 0.455. The Kier molecular flexibility index (Phi) is 4.77. The second kappa shape index (κ2) is 5.88. The lowest BCUT2D eigenvalue weighted by atomic mass is 10.2. The van der Waals surface area contributed by atoms with Gasteiger partial charge in [-0.25, -0.2) is 0 Å². The molecule has 1 aromatic carbocycles. The third-order valence-corrected chi connectivity index (χ3v) is 2.17. The number of rotatable bonds is 5. The van der Waals surface area contributed by atoms with Crippen LogP contribution in [0.2, 0.25) is 0 Å². The standard InChI is InChI=1S/C11H15F3N2O/c1-8(6-15)16-7-9-2-4-10(5-3-9)17-11(12,13)14/h2-5,8,16H,6-7,15H2,1H3/t8-/m1/s1. The van der Waals surface area contributed by atoms with Gasteiger partial charge in [-0.15, -0.1) is 13.2 Å². The van der Waals surface area contributed by atoms with E-state index in [2.05, 4.69) is 10.1 Å². The molecule has 6 heteroatoms. The van der Waals surface area contributed by atoms with Crippen LogP contribution < -0.4 is 15.8 Å². The van der Waals surface area contributed by atoms with Crippen molar-refractivity contribution < 1.29 is 17.9 Å². The summed E-state index contributed by atoms with van der Waals surface area (Å²) in [7, 11) is 0. The molecule has 0 heterocycles. The Morgan fingerprint density at radius 2 is 1.88 bits per heavy atom. The number of halogens is 3. The van der Waals surface area contributed by atoms with Crippen molar-refractivity contribution in [3.63, 3.8) is 0 Å². The van der Waals surface area contributed by atoms with Crippen molar-refractivity contribution >= 4 is 0 Å². The Labute approximate surface area is 97.8 Å². The molecule has 0 saturated heterocycles. The average Bonchev–Trinajstić information content (AvgIpc) is 2.25. The summed E-state index contributed by atoms with van der Waals surface area (Å²) < 4.78 is 39.4. The number of benzene rings is 1. The molecule has 0 saturated carbocycles. The van der Waals surface area contributed by atoms with Gasteiger partial charge in [0, 0.05) is 19.1 Å². The van der Waals surface area contributed by atoms with Gasteiger partial charge in [0.2, 0.25) is 0 Å². The summed E-state index contributed by atoms with van der Waals surface area (Å²) in [5.74, 6) is -0.215. The molecule has 0 aliphatic rings. The Bertz CT molecular complexity index is 338. The molecule has 0 radical (unpaired) electrons. The van der Waals surface area contributed by atoms with E-state index in [4.69, 9.17) is 5.73 Å². The van der Waals surface area contributed by atoms with Crippen LogP contribution in [0.3, 0.4) is 0 Å². The quantitative estimate of drug-likeness (QED) is 0.838. The molecule has 1 rings (SSSR count). The van der Waals surface area contributed by atoms with E-state index in [0.717, 1.165) is 5.56 Å². The molecule has 1 aromatic rings. The molecule has 0 amide bonds. The molecule has 1 atom stereocenters. The molecule has 0 aliphatic carbocycles. The second-order valence-electron chi connectivity index (χ2n) is 3.71. The summed E-state index contributed by atoms with van der Waals surface area (Å²) in [6.07, 6.45) is -4.65. The van der Waals surface area contributed by atoms with Crippen molar-refractivity contribution in [2.75, 3.05) is 6.54 Å². The van der Waals surface area contributed by atoms with E-state index in [-0.39, 0.29) is 11.8 Å². The van der Waals surface area contributed by atoms with E-state index in [1.807, 2.05) is 6.92 Å². The van der Waals surface area contributed by atoms with Crippen molar-refractivity contribution in [1.29, 1.82) is 0 Å². The van der Waals surface area contributed by atoms with Gasteiger partial charge < -0.3 is 15.8 Å². The normalized spacial score (nSPS) is 13.5. The van der Waals surface area contributed by atoms with E-state index in [1.165, 1.54) is 12.1 Å². The number of hydrogen-bond donors (Lipinski definition) is 2. The van der Waals surface area contributed by atoms with Crippen LogP contribution in [-0.2, 0) is 6.54 Å². The summed E-state index contributed by atoms with van der Waals surface area (Å²) >= 11 is 0. The zero-order valence-corrected chi connectivity index (χ0v) is 9.42. The molecular weight excluding hydrogens is 233 g/mol. The summed E-state index contributed by atoms with van der Waals surface area (Å²) in [5.41, 5.74) is 6.30. The van der Waals surface area contributed by atoms with E-state index >= 15 is 0 Å². The van der Waals surface area contributed by atoms with Crippen molar-refractivity contribution in [2.24, 2.45) is 5.73 Å². The lowest BCUT2D eigenvalue weighted by Gasteiger charge is -2.12. The first-order valence-corrected chi connectivity index (χ1v) is 5.19. The number of ether oxygens (including phenoxy) is 1. The maximum atomic E-state index is 11.9. The molecule has 0 unspecified atom stereocenters. The van der Waals surface area contributed by atoms with E-state index < -0.39 is 6.36 Å². The Balaban J connectivity index is 2.50. The number of nitrogens with two attached hydrogens (primary N) is 1. The lowest BCUT2D eigenvalue weighted by molar-refractivity contribution is -0.274. The topological polar surface area (TPSA) is 47.3 Å². The smallest absolute Gasteiger partial charge is 0.406 e. The Morgan fingerprint density at radius 3 is 2.35 bits per heavy atom. The summed E-state index contributed by atoms with van der Waals surface area (Å²) in [5, 5.41) is 3.13. The van der Waals surface area contributed by atoms with Gasteiger partial charge in [-0.1, -0.05) is 12.1 Å². The van der Waals surface area contributed by atoms with Gasteiger partial charge in [-0.2, -0.15) is 0 Å². The molecule has 3 nitrogen and oxygen atoms in total. The monoisotopic (exact) mass is 248 g/mol. The van der Waals surface area contributed by atoms with Crippen LogP contribution in [0.25, 0.3) is 0 Å². The number of alkyl halides is 3. The highest BCUT2D eigenvalue weighted by Crippen LogP contribution is 2.22. The summed E-state index contributed by atoms with van der Waals surface area (Å²) in [6, 6.07) is 5.91. The van der Waals surface area contributed by atoms with Crippen LogP contribution in [0.5, 0.6) is 5.75 Å². The molecule has 0 fully saturated rings. The van der Waals surface area contributed by atoms with Gasteiger partial charge in [0.05, 0.1) is 0 Å². The predicted molar refractivity (Wildman–Crippen MR) is 58.5 cm³/mol. The molecule has 0 aromatic heterocycles. The lowest BCUT2D eigenvalue weighted by Crippen LogP contribution is -2.32. The maximum Gasteiger partial charge on any atom is 0.573 e. The highest BCUT2D eigenvalue weighted by atomic mass is 19.4. The average molecular weight is 248 g/mol. The molecule has 0 aliphatic heterocycles. The number of hydrogen-bond acceptors (Lipinski definition) is 3. The van der Waals surface area contributed by atoms with Crippen molar-refractivity contribution in [2.45, 2.75) is 25.9 Å². The van der Waals surface area contributed by atoms with E-state index in [1.54, 1.807) is 12.1 Å². The summed E-state index contributed by atoms with van der Waals surface area (Å²) in [4.78, 5) is 0. The van der Waals surface area contributed by atoms with Crippen LogP contribution in [0.4, 0.5) is 13.2 Å². The molecule has 17 heavy (non-hydrogen) atoms. The first-order chi connectivity index (χ1) is 7.90. The van der Waals surface area contributed by atoms with Crippen LogP contribution in [0, 0.1) is 0 Å². The fourth-order valence-corrected chi connectivity index (χ4v) is 1.18. The largest absolute Gasteiger partial charge is 0.573 e. The zero-order chi connectivity index (χ0) is 12.9. The predicted octanol–water partition coefficient (Wildman–Crippen LogP) is 2.02. The molecule has 96 valence electrons. The SMILES string of the molecule is C[C@H](CN)NCc1ccc(OC(F)(F)F)cc1. The van der Waals surface area contributed by atoms with E-state index in [9.17, 15) is 13.2 Å². The third-order valence-electron chi connectivity index (χ3n) is 2.17. The van der Waals surface area contributed by atoms with Gasteiger partial charge >= 0.3 is 6.36 Å². The fourth-order valence-electron chi connectivity index (χ4n) is 1.18. The van der Waals surface area contributed by atoms with Crippen LogP contribution >= 0.6 is 0 Å². The molecule has 0 bridgehead atoms. The minimum absolute atomic E-state index is 0.168. The first kappa shape index (κ1) is 13.8. The minimum atomic E-state index is -4.65. The maximum absolute atomic E-state index is 11.9. The number of nitrogens with one attached hydrogen (secondary N) is 1. The first-order valence-electron chi connectivity index (χ1n) is 5.19. The minimum Gasteiger partial charge on any atom is -0.406 e.